The third kappa shape index (κ3) is 2.66. The van der Waals surface area contributed by atoms with Crippen LogP contribution in [0.15, 0.2) is 53.4 Å². The van der Waals surface area contributed by atoms with Crippen molar-refractivity contribution in [2.45, 2.75) is 10.6 Å². The van der Waals surface area contributed by atoms with Crippen molar-refractivity contribution in [3.05, 3.63) is 59.1 Å². The third-order valence-electron chi connectivity index (χ3n) is 2.59. The first-order chi connectivity index (χ1) is 8.50. The Morgan fingerprint density at radius 1 is 1.00 bits per heavy atom. The Kier molecular flexibility index (Phi) is 3.59. The van der Waals surface area contributed by atoms with Gasteiger partial charge in [0.05, 0.1) is 21.4 Å². The van der Waals surface area contributed by atoms with Crippen LogP contribution in [0.2, 0.25) is 5.02 Å². The molecule has 0 aromatic heterocycles. The number of anilines is 1. The first kappa shape index (κ1) is 12.9. The summed E-state index contributed by atoms with van der Waals surface area (Å²) in [5.74, 6) is -0.149. The molecule has 0 bridgehead atoms. The maximum absolute atomic E-state index is 12.2. The number of rotatable bonds is 3. The fraction of sp³-hybridized carbons (Fsp3) is 0.0769. The normalized spacial score (nSPS) is 11.4. The molecule has 0 fully saturated rings. The molecular weight excluding hydrogens is 270 g/mol. The minimum absolute atomic E-state index is 0.149. The van der Waals surface area contributed by atoms with E-state index in [1.165, 1.54) is 0 Å². The second kappa shape index (κ2) is 5.00. The first-order valence-electron chi connectivity index (χ1n) is 5.31. The predicted octanol–water partition coefficient (Wildman–Crippen LogP) is 2.90. The summed E-state index contributed by atoms with van der Waals surface area (Å²) in [6.45, 7) is 0. The van der Waals surface area contributed by atoms with Gasteiger partial charge in [-0.25, -0.2) is 8.42 Å². The Balaban J connectivity index is 2.37. The van der Waals surface area contributed by atoms with Gasteiger partial charge in [-0.2, -0.15) is 0 Å². The van der Waals surface area contributed by atoms with Crippen LogP contribution >= 0.6 is 11.6 Å². The van der Waals surface area contributed by atoms with Crippen LogP contribution in [0.25, 0.3) is 0 Å². The largest absolute Gasteiger partial charge is 0.397 e. The molecule has 2 rings (SSSR count). The van der Waals surface area contributed by atoms with Gasteiger partial charge in [-0.15, -0.1) is 0 Å². The predicted molar refractivity (Wildman–Crippen MR) is 73.2 cm³/mol. The zero-order chi connectivity index (χ0) is 13.2. The molecule has 0 aliphatic carbocycles. The zero-order valence-corrected chi connectivity index (χ0v) is 11.1. The Morgan fingerprint density at radius 2 is 1.67 bits per heavy atom. The molecule has 2 N–H and O–H groups in total. The topological polar surface area (TPSA) is 60.2 Å². The van der Waals surface area contributed by atoms with Gasteiger partial charge in [0.2, 0.25) is 0 Å². The van der Waals surface area contributed by atoms with E-state index in [0.29, 0.717) is 16.3 Å². The summed E-state index contributed by atoms with van der Waals surface area (Å²) >= 11 is 5.87. The molecule has 2 aromatic rings. The molecule has 0 heterocycles. The van der Waals surface area contributed by atoms with Gasteiger partial charge in [0.25, 0.3) is 0 Å². The Hall–Kier alpha value is -1.52. The van der Waals surface area contributed by atoms with Crippen molar-refractivity contribution in [2.24, 2.45) is 0 Å². The van der Waals surface area contributed by atoms with E-state index >= 15 is 0 Å². The molecule has 0 spiro atoms. The monoisotopic (exact) mass is 281 g/mol. The molecule has 0 aliphatic rings. The van der Waals surface area contributed by atoms with Gasteiger partial charge < -0.3 is 5.73 Å². The summed E-state index contributed by atoms with van der Waals surface area (Å²) in [5, 5.41) is 0.371. The van der Waals surface area contributed by atoms with Gasteiger partial charge in [-0.05, 0) is 23.8 Å². The van der Waals surface area contributed by atoms with Crippen molar-refractivity contribution in [3.8, 4) is 0 Å². The molecule has 0 saturated heterocycles. The van der Waals surface area contributed by atoms with Crippen molar-refractivity contribution in [3.63, 3.8) is 0 Å². The SMILES string of the molecule is Nc1c(Cl)cccc1CS(=O)(=O)c1ccccc1. The van der Waals surface area contributed by atoms with E-state index in [4.69, 9.17) is 17.3 Å². The highest BCUT2D eigenvalue weighted by Gasteiger charge is 2.17. The van der Waals surface area contributed by atoms with Gasteiger partial charge in [0.1, 0.15) is 0 Å². The van der Waals surface area contributed by atoms with Gasteiger partial charge in [0, 0.05) is 0 Å². The zero-order valence-electron chi connectivity index (χ0n) is 9.51. The number of hydrogen-bond acceptors (Lipinski definition) is 3. The minimum atomic E-state index is -3.39. The third-order valence-corrected chi connectivity index (χ3v) is 4.60. The summed E-state index contributed by atoms with van der Waals surface area (Å²) < 4.78 is 24.3. The number of hydrogen-bond donors (Lipinski definition) is 1. The van der Waals surface area contributed by atoms with Crippen LogP contribution in [0.5, 0.6) is 0 Å². The average Bonchev–Trinajstić information content (AvgIpc) is 2.36. The second-order valence-corrected chi connectivity index (χ2v) is 6.28. The second-order valence-electron chi connectivity index (χ2n) is 3.88. The highest BCUT2D eigenvalue weighted by Crippen LogP contribution is 2.26. The van der Waals surface area contributed by atoms with Gasteiger partial charge >= 0.3 is 0 Å². The molecule has 0 aliphatic heterocycles. The maximum Gasteiger partial charge on any atom is 0.182 e. The summed E-state index contributed by atoms with van der Waals surface area (Å²) in [7, 11) is -3.39. The van der Waals surface area contributed by atoms with E-state index in [1.54, 1.807) is 48.5 Å². The van der Waals surface area contributed by atoms with Crippen molar-refractivity contribution in [1.82, 2.24) is 0 Å². The van der Waals surface area contributed by atoms with Crippen molar-refractivity contribution >= 4 is 27.1 Å². The van der Waals surface area contributed by atoms with Crippen LogP contribution in [-0.4, -0.2) is 8.42 Å². The molecule has 0 atom stereocenters. The van der Waals surface area contributed by atoms with E-state index in [9.17, 15) is 8.42 Å². The molecule has 2 aromatic carbocycles. The number of nitrogen functional groups attached to an aromatic ring is 1. The number of nitrogens with two attached hydrogens (primary N) is 1. The lowest BCUT2D eigenvalue weighted by atomic mass is 10.2. The van der Waals surface area contributed by atoms with Crippen LogP contribution in [0.4, 0.5) is 5.69 Å². The summed E-state index contributed by atoms with van der Waals surface area (Å²) in [4.78, 5) is 0.282. The van der Waals surface area contributed by atoms with Crippen LogP contribution in [-0.2, 0) is 15.6 Å². The van der Waals surface area contributed by atoms with Gasteiger partial charge in [-0.1, -0.05) is 41.9 Å². The summed E-state index contributed by atoms with van der Waals surface area (Å²) in [5.41, 5.74) is 6.61. The number of sulfone groups is 1. The lowest BCUT2D eigenvalue weighted by Gasteiger charge is -2.08. The fourth-order valence-corrected chi connectivity index (χ4v) is 3.22. The molecule has 0 saturated carbocycles. The van der Waals surface area contributed by atoms with Crippen LogP contribution in [0.1, 0.15) is 5.56 Å². The molecular formula is C13H12ClNO2S. The minimum Gasteiger partial charge on any atom is -0.397 e. The fourth-order valence-electron chi connectivity index (χ4n) is 1.62. The number of benzene rings is 2. The molecule has 94 valence electrons. The lowest BCUT2D eigenvalue weighted by Crippen LogP contribution is -2.07. The molecule has 0 amide bonds. The smallest absolute Gasteiger partial charge is 0.182 e. The van der Waals surface area contributed by atoms with E-state index in [0.717, 1.165) is 0 Å². The molecule has 3 nitrogen and oxygen atoms in total. The summed E-state index contributed by atoms with van der Waals surface area (Å²) in [6.07, 6.45) is 0. The Morgan fingerprint density at radius 3 is 2.33 bits per heavy atom. The van der Waals surface area contributed by atoms with Crippen LogP contribution in [0, 0.1) is 0 Å². The average molecular weight is 282 g/mol. The maximum atomic E-state index is 12.2. The van der Waals surface area contributed by atoms with Crippen LogP contribution in [0.3, 0.4) is 0 Å². The van der Waals surface area contributed by atoms with Crippen molar-refractivity contribution in [2.75, 3.05) is 5.73 Å². The van der Waals surface area contributed by atoms with E-state index in [2.05, 4.69) is 0 Å². The molecule has 18 heavy (non-hydrogen) atoms. The number of halogens is 1. The van der Waals surface area contributed by atoms with E-state index in [1.807, 2.05) is 0 Å². The van der Waals surface area contributed by atoms with Crippen molar-refractivity contribution in [1.29, 1.82) is 0 Å². The highest BCUT2D eigenvalue weighted by atomic mass is 35.5. The van der Waals surface area contributed by atoms with Gasteiger partial charge in [0.15, 0.2) is 9.84 Å². The van der Waals surface area contributed by atoms with Crippen molar-refractivity contribution < 1.29 is 8.42 Å². The van der Waals surface area contributed by atoms with Crippen LogP contribution < -0.4 is 5.73 Å². The summed E-state index contributed by atoms with van der Waals surface area (Å²) in [6, 6.07) is 13.3. The quantitative estimate of drug-likeness (QED) is 0.880. The number of para-hydroxylation sites is 1. The molecule has 0 unspecified atom stereocenters. The Labute approximate surface area is 111 Å². The first-order valence-corrected chi connectivity index (χ1v) is 7.34. The van der Waals surface area contributed by atoms with E-state index < -0.39 is 9.84 Å². The lowest BCUT2D eigenvalue weighted by molar-refractivity contribution is 0.595. The highest BCUT2D eigenvalue weighted by molar-refractivity contribution is 7.90. The Bertz CT molecular complexity index is 654. The molecule has 0 radical (unpaired) electrons. The van der Waals surface area contributed by atoms with Gasteiger partial charge in [-0.3, -0.25) is 0 Å². The van der Waals surface area contributed by atoms with E-state index in [-0.39, 0.29) is 10.6 Å². The standard InChI is InChI=1S/C13H12ClNO2S/c14-12-8-4-5-10(13(12)15)9-18(16,17)11-6-2-1-3-7-11/h1-8H,9,15H2. The molecule has 5 heteroatoms.